The quantitative estimate of drug-likeness (QED) is 0.475. The fourth-order valence-electron chi connectivity index (χ4n) is 1.17. The highest BCUT2D eigenvalue weighted by molar-refractivity contribution is 7.79. The Balaban J connectivity index is 3.50. The van der Waals surface area contributed by atoms with Gasteiger partial charge in [0.25, 0.3) is 0 Å². The Bertz CT molecular complexity index is 206. The van der Waals surface area contributed by atoms with Gasteiger partial charge in [-0.1, -0.05) is 30.8 Å². The van der Waals surface area contributed by atoms with Crippen molar-refractivity contribution in [1.82, 2.24) is 0 Å². The molecular weight excluding hydrogens is 216 g/mol. The minimum absolute atomic E-state index is 0.0262. The van der Waals surface area contributed by atoms with Crippen LogP contribution in [0.1, 0.15) is 46.0 Å². The van der Waals surface area contributed by atoms with Gasteiger partial charge in [-0.3, -0.25) is 9.00 Å². The summed E-state index contributed by atoms with van der Waals surface area (Å²) in [6, 6.07) is 0. The number of rotatable bonds is 8. The minimum atomic E-state index is -2.06. The van der Waals surface area contributed by atoms with Gasteiger partial charge in [-0.2, -0.15) is 0 Å². The van der Waals surface area contributed by atoms with Crippen molar-refractivity contribution in [2.24, 2.45) is 0 Å². The largest absolute Gasteiger partial charge is 0.772 e. The molecule has 0 saturated carbocycles. The average Bonchev–Trinajstić information content (AvgIpc) is 2.14. The molecule has 4 nitrogen and oxygen atoms in total. The van der Waals surface area contributed by atoms with Crippen LogP contribution in [0.15, 0.2) is 0 Å². The SMILES string of the molecule is CCCCC(C)OC(=O)CCCS(=O)[O-]. The van der Waals surface area contributed by atoms with Crippen LogP contribution in [0.5, 0.6) is 0 Å². The van der Waals surface area contributed by atoms with Crippen LogP contribution in [0.4, 0.5) is 0 Å². The summed E-state index contributed by atoms with van der Waals surface area (Å²) in [5.74, 6) is -0.276. The van der Waals surface area contributed by atoms with Gasteiger partial charge in [0.15, 0.2) is 0 Å². The maximum atomic E-state index is 11.2. The van der Waals surface area contributed by atoms with Crippen molar-refractivity contribution >= 4 is 17.0 Å². The second kappa shape index (κ2) is 8.85. The Labute approximate surface area is 93.7 Å². The Morgan fingerprint density at radius 3 is 2.67 bits per heavy atom. The molecule has 0 radical (unpaired) electrons. The van der Waals surface area contributed by atoms with E-state index in [-0.39, 0.29) is 24.2 Å². The van der Waals surface area contributed by atoms with Crippen LogP contribution in [0.2, 0.25) is 0 Å². The van der Waals surface area contributed by atoms with Gasteiger partial charge in [-0.15, -0.1) is 0 Å². The van der Waals surface area contributed by atoms with Gasteiger partial charge in [0.2, 0.25) is 0 Å². The van der Waals surface area contributed by atoms with Crippen LogP contribution in [0.25, 0.3) is 0 Å². The van der Waals surface area contributed by atoms with Crippen LogP contribution in [0, 0.1) is 0 Å². The minimum Gasteiger partial charge on any atom is -0.772 e. The fourth-order valence-corrected chi connectivity index (χ4v) is 1.55. The molecule has 0 fully saturated rings. The van der Waals surface area contributed by atoms with Gasteiger partial charge in [-0.05, 0) is 19.8 Å². The first-order valence-corrected chi connectivity index (χ1v) is 6.56. The molecular formula is C10H19O4S-. The van der Waals surface area contributed by atoms with E-state index in [1.54, 1.807) is 0 Å². The monoisotopic (exact) mass is 235 g/mol. The molecule has 0 aromatic carbocycles. The second-order valence-electron chi connectivity index (χ2n) is 3.55. The molecule has 0 aliphatic rings. The molecule has 0 aliphatic carbocycles. The summed E-state index contributed by atoms with van der Waals surface area (Å²) >= 11 is -2.06. The van der Waals surface area contributed by atoms with E-state index in [1.165, 1.54) is 0 Å². The maximum Gasteiger partial charge on any atom is 0.306 e. The molecule has 0 spiro atoms. The molecule has 15 heavy (non-hydrogen) atoms. The molecule has 0 bridgehead atoms. The number of esters is 1. The zero-order valence-electron chi connectivity index (χ0n) is 9.36. The van der Waals surface area contributed by atoms with Crippen LogP contribution in [-0.4, -0.2) is 26.6 Å². The van der Waals surface area contributed by atoms with Gasteiger partial charge in [0.05, 0.1) is 6.10 Å². The normalized spacial score (nSPS) is 14.6. The second-order valence-corrected chi connectivity index (χ2v) is 4.57. The Morgan fingerprint density at radius 2 is 2.13 bits per heavy atom. The van der Waals surface area contributed by atoms with Crippen molar-refractivity contribution in [2.75, 3.05) is 5.75 Å². The highest BCUT2D eigenvalue weighted by Crippen LogP contribution is 2.06. The van der Waals surface area contributed by atoms with E-state index < -0.39 is 11.1 Å². The summed E-state index contributed by atoms with van der Waals surface area (Å²) < 4.78 is 25.5. The molecule has 5 heteroatoms. The van der Waals surface area contributed by atoms with E-state index in [1.807, 2.05) is 6.92 Å². The third kappa shape index (κ3) is 9.87. The van der Waals surface area contributed by atoms with E-state index in [0.717, 1.165) is 19.3 Å². The first-order chi connectivity index (χ1) is 7.06. The third-order valence-electron chi connectivity index (χ3n) is 1.99. The first kappa shape index (κ1) is 14.6. The molecule has 0 aliphatic heterocycles. The first-order valence-electron chi connectivity index (χ1n) is 5.31. The Kier molecular flexibility index (Phi) is 8.61. The Morgan fingerprint density at radius 1 is 1.47 bits per heavy atom. The van der Waals surface area contributed by atoms with Crippen molar-refractivity contribution in [1.29, 1.82) is 0 Å². The lowest BCUT2D eigenvalue weighted by Gasteiger charge is -2.12. The van der Waals surface area contributed by atoms with Gasteiger partial charge < -0.3 is 9.29 Å². The van der Waals surface area contributed by atoms with Crippen molar-refractivity contribution in [3.8, 4) is 0 Å². The van der Waals surface area contributed by atoms with Crippen molar-refractivity contribution < 1.29 is 18.3 Å². The van der Waals surface area contributed by atoms with Crippen LogP contribution < -0.4 is 0 Å². The maximum absolute atomic E-state index is 11.2. The van der Waals surface area contributed by atoms with Gasteiger partial charge in [0, 0.05) is 12.2 Å². The third-order valence-corrected chi connectivity index (χ3v) is 2.61. The average molecular weight is 235 g/mol. The smallest absolute Gasteiger partial charge is 0.306 e. The van der Waals surface area contributed by atoms with E-state index in [2.05, 4.69) is 6.92 Å². The molecule has 2 atom stereocenters. The zero-order valence-corrected chi connectivity index (χ0v) is 10.2. The molecule has 0 aromatic heterocycles. The number of unbranched alkanes of at least 4 members (excludes halogenated alkanes) is 1. The van der Waals surface area contributed by atoms with Crippen LogP contribution in [0.3, 0.4) is 0 Å². The summed E-state index contributed by atoms with van der Waals surface area (Å²) in [6.45, 7) is 3.94. The van der Waals surface area contributed by atoms with Gasteiger partial charge in [0.1, 0.15) is 0 Å². The van der Waals surface area contributed by atoms with Gasteiger partial charge in [-0.25, -0.2) is 0 Å². The summed E-state index contributed by atoms with van der Waals surface area (Å²) in [4.78, 5) is 11.2. The lowest BCUT2D eigenvalue weighted by atomic mass is 10.2. The Hall–Kier alpha value is -0.420. The molecule has 0 heterocycles. The van der Waals surface area contributed by atoms with Crippen LogP contribution >= 0.6 is 0 Å². The van der Waals surface area contributed by atoms with Crippen molar-refractivity contribution in [3.63, 3.8) is 0 Å². The number of carbonyl (C=O) groups is 1. The number of ether oxygens (including phenoxy) is 1. The van der Waals surface area contributed by atoms with E-state index in [0.29, 0.717) is 6.42 Å². The molecule has 0 N–H and O–H groups in total. The highest BCUT2D eigenvalue weighted by Gasteiger charge is 2.08. The summed E-state index contributed by atoms with van der Waals surface area (Å²) in [6.07, 6.45) is 3.46. The molecule has 0 aromatic rings. The van der Waals surface area contributed by atoms with E-state index in [9.17, 15) is 13.6 Å². The highest BCUT2D eigenvalue weighted by atomic mass is 32.2. The molecule has 0 saturated heterocycles. The van der Waals surface area contributed by atoms with Crippen LogP contribution in [-0.2, 0) is 20.6 Å². The standard InChI is InChI=1S/C10H20O4S/c1-3-4-6-9(2)14-10(11)7-5-8-15(12)13/h9H,3-8H2,1-2H3,(H,12,13)/p-1. The molecule has 2 unspecified atom stereocenters. The number of hydrogen-bond acceptors (Lipinski definition) is 4. The topological polar surface area (TPSA) is 66.4 Å². The molecule has 0 amide bonds. The molecule has 0 rings (SSSR count). The summed E-state index contributed by atoms with van der Waals surface area (Å²) in [7, 11) is 0. The lowest BCUT2D eigenvalue weighted by molar-refractivity contribution is -0.148. The fraction of sp³-hybridized carbons (Fsp3) is 0.900. The predicted octanol–water partition coefficient (Wildman–Crippen LogP) is 1.77. The summed E-state index contributed by atoms with van der Waals surface area (Å²) in [5.41, 5.74) is 0. The van der Waals surface area contributed by atoms with Crippen molar-refractivity contribution in [2.45, 2.75) is 52.1 Å². The zero-order chi connectivity index (χ0) is 11.7. The van der Waals surface area contributed by atoms with E-state index >= 15 is 0 Å². The predicted molar refractivity (Wildman–Crippen MR) is 58.1 cm³/mol. The lowest BCUT2D eigenvalue weighted by Crippen LogP contribution is -2.15. The van der Waals surface area contributed by atoms with Crippen molar-refractivity contribution in [3.05, 3.63) is 0 Å². The van der Waals surface area contributed by atoms with Gasteiger partial charge >= 0.3 is 5.97 Å². The molecule has 90 valence electrons. The number of carbonyl (C=O) groups excluding carboxylic acids is 1. The summed E-state index contributed by atoms with van der Waals surface area (Å²) in [5, 5.41) is 0. The number of hydrogen-bond donors (Lipinski definition) is 0. The van der Waals surface area contributed by atoms with E-state index in [4.69, 9.17) is 4.74 Å².